The molecule has 4 heteroatoms. The Morgan fingerprint density at radius 2 is 2.12 bits per heavy atom. The van der Waals surface area contributed by atoms with Gasteiger partial charge in [-0.25, -0.2) is 0 Å². The summed E-state index contributed by atoms with van der Waals surface area (Å²) in [6.07, 6.45) is 3.67. The predicted molar refractivity (Wildman–Crippen MR) is 65.7 cm³/mol. The van der Waals surface area contributed by atoms with Crippen LogP contribution >= 0.6 is 0 Å². The highest BCUT2D eigenvalue weighted by molar-refractivity contribution is 5.37. The number of rotatable bonds is 2. The van der Waals surface area contributed by atoms with Gasteiger partial charge < -0.3 is 10.2 Å². The summed E-state index contributed by atoms with van der Waals surface area (Å²) in [7, 11) is 2.12. The van der Waals surface area contributed by atoms with E-state index in [9.17, 15) is 0 Å². The zero-order valence-electron chi connectivity index (χ0n) is 10.1. The van der Waals surface area contributed by atoms with Gasteiger partial charge in [0.05, 0.1) is 5.69 Å². The van der Waals surface area contributed by atoms with Gasteiger partial charge in [0.25, 0.3) is 0 Å². The van der Waals surface area contributed by atoms with E-state index in [1.807, 2.05) is 13.0 Å². The van der Waals surface area contributed by atoms with E-state index in [0.29, 0.717) is 6.04 Å². The third-order valence-electron chi connectivity index (χ3n) is 3.24. The molecule has 0 radical (unpaired) electrons. The fourth-order valence-electron chi connectivity index (χ4n) is 2.16. The summed E-state index contributed by atoms with van der Waals surface area (Å²) >= 11 is 0. The van der Waals surface area contributed by atoms with E-state index in [1.165, 1.54) is 19.3 Å². The maximum atomic E-state index is 4.24. The molecule has 16 heavy (non-hydrogen) atoms. The first kappa shape index (κ1) is 11.3. The summed E-state index contributed by atoms with van der Waals surface area (Å²) in [5.41, 5.74) is 0.972. The molecule has 88 valence electrons. The number of aryl methyl sites for hydroxylation is 1. The van der Waals surface area contributed by atoms with Gasteiger partial charge in [0.2, 0.25) is 0 Å². The van der Waals surface area contributed by atoms with Crippen molar-refractivity contribution >= 4 is 5.82 Å². The van der Waals surface area contributed by atoms with Gasteiger partial charge in [-0.1, -0.05) is 0 Å². The predicted octanol–water partition coefficient (Wildman–Crippen LogP) is 1.36. The number of hydrogen-bond acceptors (Lipinski definition) is 4. The van der Waals surface area contributed by atoms with Crippen LogP contribution in [0.4, 0.5) is 5.82 Å². The molecule has 1 atom stereocenters. The summed E-state index contributed by atoms with van der Waals surface area (Å²) in [5, 5.41) is 11.8. The zero-order valence-corrected chi connectivity index (χ0v) is 10.1. The van der Waals surface area contributed by atoms with E-state index in [-0.39, 0.29) is 0 Å². The maximum Gasteiger partial charge on any atom is 0.151 e. The lowest BCUT2D eigenvalue weighted by molar-refractivity contribution is 0.560. The molecule has 2 heterocycles. The molecule has 1 fully saturated rings. The van der Waals surface area contributed by atoms with Gasteiger partial charge in [-0.3, -0.25) is 0 Å². The number of aromatic nitrogens is 2. The van der Waals surface area contributed by atoms with Crippen LogP contribution in [-0.2, 0) is 0 Å². The van der Waals surface area contributed by atoms with Gasteiger partial charge >= 0.3 is 0 Å². The highest BCUT2D eigenvalue weighted by Crippen LogP contribution is 2.17. The number of hydrogen-bond donors (Lipinski definition) is 1. The number of nitrogens with zero attached hydrogens (tertiary/aromatic N) is 3. The van der Waals surface area contributed by atoms with Crippen LogP contribution in [0.15, 0.2) is 12.1 Å². The Balaban J connectivity index is 2.04. The van der Waals surface area contributed by atoms with Crippen LogP contribution in [0.25, 0.3) is 0 Å². The van der Waals surface area contributed by atoms with Gasteiger partial charge in [-0.2, -0.15) is 5.10 Å². The summed E-state index contributed by atoms with van der Waals surface area (Å²) in [6, 6.07) is 4.67. The molecule has 1 N–H and O–H groups in total. The second kappa shape index (κ2) is 5.25. The first-order chi connectivity index (χ1) is 7.77. The molecule has 1 aliphatic heterocycles. The van der Waals surface area contributed by atoms with E-state index >= 15 is 0 Å². The minimum atomic E-state index is 0.590. The van der Waals surface area contributed by atoms with Gasteiger partial charge in [0.1, 0.15) is 0 Å². The second-order valence-electron chi connectivity index (χ2n) is 4.48. The van der Waals surface area contributed by atoms with Crippen LogP contribution in [0, 0.1) is 6.92 Å². The van der Waals surface area contributed by atoms with Crippen molar-refractivity contribution in [3.63, 3.8) is 0 Å². The van der Waals surface area contributed by atoms with Crippen LogP contribution in [0.1, 0.15) is 25.0 Å². The molecule has 0 spiro atoms. The quantitative estimate of drug-likeness (QED) is 0.817. The maximum absolute atomic E-state index is 4.24. The van der Waals surface area contributed by atoms with E-state index in [4.69, 9.17) is 0 Å². The summed E-state index contributed by atoms with van der Waals surface area (Å²) in [5.74, 6) is 0.984. The van der Waals surface area contributed by atoms with Crippen LogP contribution < -0.4 is 10.2 Å². The van der Waals surface area contributed by atoms with Crippen molar-refractivity contribution in [1.29, 1.82) is 0 Å². The highest BCUT2D eigenvalue weighted by Gasteiger charge is 2.17. The average Bonchev–Trinajstić information content (AvgIpc) is 2.57. The summed E-state index contributed by atoms with van der Waals surface area (Å²) < 4.78 is 0. The van der Waals surface area contributed by atoms with Crippen molar-refractivity contribution in [1.82, 2.24) is 15.5 Å². The smallest absolute Gasteiger partial charge is 0.151 e. The Morgan fingerprint density at radius 1 is 1.25 bits per heavy atom. The molecular formula is C12H20N4. The van der Waals surface area contributed by atoms with Crippen molar-refractivity contribution in [3.05, 3.63) is 17.8 Å². The van der Waals surface area contributed by atoms with Crippen molar-refractivity contribution in [3.8, 4) is 0 Å². The van der Waals surface area contributed by atoms with Gasteiger partial charge in [-0.15, -0.1) is 5.10 Å². The van der Waals surface area contributed by atoms with Gasteiger partial charge in [0, 0.05) is 13.1 Å². The lowest BCUT2D eigenvalue weighted by Gasteiger charge is -2.27. The Bertz CT molecular complexity index is 314. The van der Waals surface area contributed by atoms with Crippen molar-refractivity contribution < 1.29 is 0 Å². The first-order valence-corrected chi connectivity index (χ1v) is 6.01. The Morgan fingerprint density at radius 3 is 2.88 bits per heavy atom. The molecule has 1 aromatic heterocycles. The molecule has 1 saturated heterocycles. The molecule has 1 aromatic rings. The van der Waals surface area contributed by atoms with E-state index in [2.05, 4.69) is 33.5 Å². The molecule has 4 nitrogen and oxygen atoms in total. The normalized spacial score (nSPS) is 21.5. The third kappa shape index (κ3) is 2.70. The summed E-state index contributed by atoms with van der Waals surface area (Å²) in [4.78, 5) is 2.26. The molecule has 0 aromatic carbocycles. The van der Waals surface area contributed by atoms with Gasteiger partial charge in [-0.05, 0) is 51.4 Å². The number of nitrogens with one attached hydrogen (secondary N) is 1. The summed E-state index contributed by atoms with van der Waals surface area (Å²) in [6.45, 7) is 4.21. The molecular weight excluding hydrogens is 200 g/mol. The van der Waals surface area contributed by atoms with Crippen LogP contribution in [0.2, 0.25) is 0 Å². The minimum absolute atomic E-state index is 0.590. The topological polar surface area (TPSA) is 41.0 Å². The van der Waals surface area contributed by atoms with Crippen molar-refractivity contribution in [2.24, 2.45) is 0 Å². The molecule has 1 aliphatic rings. The monoisotopic (exact) mass is 220 g/mol. The van der Waals surface area contributed by atoms with Gasteiger partial charge in [0.15, 0.2) is 5.82 Å². The zero-order chi connectivity index (χ0) is 11.4. The van der Waals surface area contributed by atoms with Crippen LogP contribution in [0.3, 0.4) is 0 Å². The van der Waals surface area contributed by atoms with Crippen molar-refractivity contribution in [2.75, 3.05) is 25.0 Å². The molecule has 2 rings (SSSR count). The van der Waals surface area contributed by atoms with Crippen LogP contribution in [-0.4, -0.2) is 36.4 Å². The highest BCUT2D eigenvalue weighted by atomic mass is 15.3. The van der Waals surface area contributed by atoms with Crippen molar-refractivity contribution in [2.45, 2.75) is 32.2 Å². The lowest BCUT2D eigenvalue weighted by Crippen LogP contribution is -2.33. The standard InChI is InChI=1S/C12H20N4/c1-10-5-6-12(15-14-10)16(2)11-4-3-8-13-9-7-11/h5-6,11,13H,3-4,7-9H2,1-2H3. The fraction of sp³-hybridized carbons (Fsp3) is 0.667. The van der Waals surface area contributed by atoms with E-state index < -0.39 is 0 Å². The molecule has 1 unspecified atom stereocenters. The van der Waals surface area contributed by atoms with Crippen LogP contribution in [0.5, 0.6) is 0 Å². The molecule has 0 amide bonds. The molecule has 0 bridgehead atoms. The Hall–Kier alpha value is -1.16. The lowest BCUT2D eigenvalue weighted by atomic mass is 10.1. The Kier molecular flexibility index (Phi) is 3.72. The van der Waals surface area contributed by atoms with E-state index in [0.717, 1.165) is 24.6 Å². The minimum Gasteiger partial charge on any atom is -0.355 e. The fourth-order valence-corrected chi connectivity index (χ4v) is 2.16. The third-order valence-corrected chi connectivity index (χ3v) is 3.24. The second-order valence-corrected chi connectivity index (χ2v) is 4.48. The molecule has 0 saturated carbocycles. The average molecular weight is 220 g/mol. The largest absolute Gasteiger partial charge is 0.355 e. The molecule has 0 aliphatic carbocycles. The first-order valence-electron chi connectivity index (χ1n) is 6.01. The Labute approximate surface area is 97.1 Å². The van der Waals surface area contributed by atoms with E-state index in [1.54, 1.807) is 0 Å². The SMILES string of the molecule is Cc1ccc(N(C)C2CCCNCC2)nn1. The number of anilines is 1.